The summed E-state index contributed by atoms with van der Waals surface area (Å²) in [5.41, 5.74) is 3.16. The number of nitrogens with zero attached hydrogens (tertiary/aromatic N) is 1. The maximum atomic E-state index is 13.0. The van der Waals surface area contributed by atoms with Crippen molar-refractivity contribution in [3.63, 3.8) is 0 Å². The van der Waals surface area contributed by atoms with E-state index in [1.807, 2.05) is 7.05 Å². The average Bonchev–Trinajstić information content (AvgIpc) is 3.49. The van der Waals surface area contributed by atoms with Crippen LogP contribution in [0.3, 0.4) is 0 Å². The summed E-state index contributed by atoms with van der Waals surface area (Å²) in [5, 5.41) is 4.64. The Morgan fingerprint density at radius 3 is 2.84 bits per heavy atom. The number of nitrogens with one attached hydrogen (secondary N) is 2. The quantitative estimate of drug-likeness (QED) is 0.501. The van der Waals surface area contributed by atoms with Crippen molar-refractivity contribution in [2.24, 2.45) is 34.5 Å². The number of aromatic nitrogens is 1. The van der Waals surface area contributed by atoms with E-state index in [2.05, 4.69) is 59.5 Å². The molecule has 2 amide bonds. The summed E-state index contributed by atoms with van der Waals surface area (Å²) >= 11 is 0. The third-order valence-electron chi connectivity index (χ3n) is 11.6. The molecule has 4 aliphatic rings. The summed E-state index contributed by atoms with van der Waals surface area (Å²) in [4.78, 5) is 31.1. The molecule has 6 rings (SSSR count). The van der Waals surface area contributed by atoms with Crippen molar-refractivity contribution in [3.8, 4) is 0 Å². The van der Waals surface area contributed by atoms with Gasteiger partial charge in [0.2, 0.25) is 11.8 Å². The van der Waals surface area contributed by atoms with Crippen LogP contribution >= 0.6 is 0 Å². The molecule has 0 bridgehead atoms. The van der Waals surface area contributed by atoms with E-state index < -0.39 is 0 Å². The first-order chi connectivity index (χ1) is 17.8. The molecule has 0 spiro atoms. The number of likely N-dealkylation sites (tertiary alicyclic amines) is 1. The highest BCUT2D eigenvalue weighted by Crippen LogP contribution is 2.65. The van der Waals surface area contributed by atoms with E-state index in [9.17, 15) is 9.59 Å². The fourth-order valence-electron chi connectivity index (χ4n) is 9.58. The van der Waals surface area contributed by atoms with E-state index in [1.165, 1.54) is 48.6 Å². The number of amides is 2. The molecule has 5 nitrogen and oxygen atoms in total. The van der Waals surface area contributed by atoms with Crippen molar-refractivity contribution < 1.29 is 9.59 Å². The molecular formula is C32H45N3O2. The Morgan fingerprint density at radius 1 is 1.14 bits per heavy atom. The Labute approximate surface area is 222 Å². The van der Waals surface area contributed by atoms with Gasteiger partial charge in [0.25, 0.3) is 0 Å². The number of H-pyrrole nitrogens is 1. The number of benzene rings is 1. The van der Waals surface area contributed by atoms with Gasteiger partial charge < -0.3 is 15.2 Å². The van der Waals surface area contributed by atoms with Gasteiger partial charge in [-0.1, -0.05) is 38.5 Å². The molecule has 0 radical (unpaired) electrons. The molecule has 37 heavy (non-hydrogen) atoms. The van der Waals surface area contributed by atoms with Crippen molar-refractivity contribution in [1.29, 1.82) is 0 Å². The van der Waals surface area contributed by atoms with Gasteiger partial charge in [0.15, 0.2) is 0 Å². The minimum Gasteiger partial charge on any atom is -0.361 e. The number of piperidine rings is 1. The highest BCUT2D eigenvalue weighted by Gasteiger charge is 2.61. The van der Waals surface area contributed by atoms with E-state index in [1.54, 1.807) is 0 Å². The fourth-order valence-corrected chi connectivity index (χ4v) is 9.58. The van der Waals surface area contributed by atoms with Gasteiger partial charge in [0.1, 0.15) is 0 Å². The highest BCUT2D eigenvalue weighted by molar-refractivity contribution is 5.83. The number of aryl methyl sites for hydroxylation is 1. The Balaban J connectivity index is 1.13. The fraction of sp³-hybridized carbons (Fsp3) is 0.688. The lowest BCUT2D eigenvalue weighted by molar-refractivity contribution is -0.166. The lowest BCUT2D eigenvalue weighted by Crippen LogP contribution is -2.64. The van der Waals surface area contributed by atoms with Crippen LogP contribution in [0.1, 0.15) is 83.6 Å². The number of carbonyl (C=O) groups excluding carboxylic acids is 2. The number of hydrogen-bond acceptors (Lipinski definition) is 2. The molecule has 7 atom stereocenters. The molecule has 2 N–H and O–H groups in total. The van der Waals surface area contributed by atoms with Crippen LogP contribution in [0.15, 0.2) is 30.5 Å². The molecule has 1 aromatic carbocycles. The maximum absolute atomic E-state index is 13.0. The number of fused-ring (bicyclic) bond motifs is 6. The number of aromatic amines is 1. The first-order valence-electron chi connectivity index (χ1n) is 14.9. The van der Waals surface area contributed by atoms with E-state index in [4.69, 9.17) is 0 Å². The molecule has 4 fully saturated rings. The number of rotatable bonds is 6. The molecule has 1 aromatic heterocycles. The van der Waals surface area contributed by atoms with Gasteiger partial charge in [0, 0.05) is 49.6 Å². The molecule has 0 unspecified atom stereocenters. The monoisotopic (exact) mass is 503 g/mol. The van der Waals surface area contributed by atoms with Crippen LogP contribution in [-0.4, -0.2) is 41.3 Å². The maximum Gasteiger partial charge on any atom is 0.222 e. The first-order valence-corrected chi connectivity index (χ1v) is 14.9. The average molecular weight is 504 g/mol. The molecule has 2 aromatic rings. The van der Waals surface area contributed by atoms with Crippen molar-refractivity contribution in [1.82, 2.24) is 15.2 Å². The summed E-state index contributed by atoms with van der Waals surface area (Å²) < 4.78 is 0. The van der Waals surface area contributed by atoms with E-state index in [0.717, 1.165) is 38.1 Å². The second-order valence-corrected chi connectivity index (χ2v) is 13.4. The van der Waals surface area contributed by atoms with Crippen LogP contribution in [0.5, 0.6) is 0 Å². The normalized spacial score (nSPS) is 37.2. The van der Waals surface area contributed by atoms with Crippen LogP contribution in [-0.2, 0) is 16.0 Å². The minimum absolute atomic E-state index is 0.183. The third-order valence-corrected chi connectivity index (χ3v) is 11.6. The van der Waals surface area contributed by atoms with Crippen LogP contribution < -0.4 is 5.32 Å². The van der Waals surface area contributed by atoms with Crippen LogP contribution in [0.2, 0.25) is 0 Å². The topological polar surface area (TPSA) is 65.2 Å². The molecule has 3 saturated carbocycles. The SMILES string of the molecule is CN1C(=O)CC[C@]2(C)[C@H]3CC[C@]4(C)CCC[C@H]4[C@@H]3[C@@H](CNC(=O)CCCc3c[nH]c4ccccc34)C[C@@H]12. The Bertz CT molecular complexity index is 1170. The Kier molecular flexibility index (Phi) is 6.40. The second kappa shape index (κ2) is 9.47. The minimum atomic E-state index is 0.183. The first kappa shape index (κ1) is 25.0. The lowest BCUT2D eigenvalue weighted by atomic mass is 9.45. The third kappa shape index (κ3) is 4.21. The molecule has 5 heteroatoms. The molecule has 200 valence electrons. The van der Waals surface area contributed by atoms with E-state index >= 15 is 0 Å². The molecular weight excluding hydrogens is 458 g/mol. The van der Waals surface area contributed by atoms with Crippen LogP contribution in [0, 0.1) is 34.5 Å². The van der Waals surface area contributed by atoms with Gasteiger partial charge in [0.05, 0.1) is 0 Å². The summed E-state index contributed by atoms with van der Waals surface area (Å²) in [6.07, 6.45) is 13.9. The number of para-hydroxylation sites is 1. The second-order valence-electron chi connectivity index (χ2n) is 13.4. The largest absolute Gasteiger partial charge is 0.361 e. The van der Waals surface area contributed by atoms with E-state index in [0.29, 0.717) is 48.0 Å². The summed E-state index contributed by atoms with van der Waals surface area (Å²) in [6.45, 7) is 5.82. The Hall–Kier alpha value is -2.30. The van der Waals surface area contributed by atoms with Gasteiger partial charge >= 0.3 is 0 Å². The highest BCUT2D eigenvalue weighted by atomic mass is 16.2. The lowest BCUT2D eigenvalue weighted by Gasteiger charge is -2.63. The van der Waals surface area contributed by atoms with Crippen molar-refractivity contribution >= 4 is 22.7 Å². The smallest absolute Gasteiger partial charge is 0.222 e. The van der Waals surface area contributed by atoms with Gasteiger partial charge in [-0.2, -0.15) is 0 Å². The van der Waals surface area contributed by atoms with Crippen LogP contribution in [0.4, 0.5) is 0 Å². The van der Waals surface area contributed by atoms with Crippen LogP contribution in [0.25, 0.3) is 10.9 Å². The van der Waals surface area contributed by atoms with Crippen molar-refractivity contribution in [3.05, 3.63) is 36.0 Å². The summed E-state index contributed by atoms with van der Waals surface area (Å²) in [5.74, 6) is 3.08. The summed E-state index contributed by atoms with van der Waals surface area (Å²) in [6, 6.07) is 8.70. The van der Waals surface area contributed by atoms with Gasteiger partial charge in [-0.25, -0.2) is 0 Å². The van der Waals surface area contributed by atoms with Gasteiger partial charge in [-0.3, -0.25) is 9.59 Å². The zero-order valence-corrected chi connectivity index (χ0v) is 23.0. The predicted molar refractivity (Wildman–Crippen MR) is 148 cm³/mol. The standard InChI is InChI=1S/C32H45N3O2/c1-31-15-7-10-24(31)30-22(18-27-32(2,25(30)13-16-31)17-14-29(37)35(27)3)20-34-28(36)12-6-8-21-19-33-26-11-5-4-9-23(21)26/h4-5,9,11,19,22,24-25,27,30,33H,6-8,10,12-18,20H2,1-3H3,(H,34,36)/t22-,24+,25+,27-,30+,31+,32-/m1/s1. The zero-order chi connectivity index (χ0) is 25.8. The van der Waals surface area contributed by atoms with Gasteiger partial charge in [-0.15, -0.1) is 0 Å². The molecule has 1 saturated heterocycles. The number of carbonyl (C=O) groups is 2. The Morgan fingerprint density at radius 2 is 1.97 bits per heavy atom. The summed E-state index contributed by atoms with van der Waals surface area (Å²) in [7, 11) is 2.04. The van der Waals surface area contributed by atoms with Crippen molar-refractivity contribution in [2.45, 2.75) is 90.5 Å². The molecule has 3 aliphatic carbocycles. The number of hydrogen-bond donors (Lipinski definition) is 2. The zero-order valence-electron chi connectivity index (χ0n) is 23.0. The van der Waals surface area contributed by atoms with Crippen molar-refractivity contribution in [2.75, 3.05) is 13.6 Å². The predicted octanol–water partition coefficient (Wildman–Crippen LogP) is 6.09. The van der Waals surface area contributed by atoms with Gasteiger partial charge in [-0.05, 0) is 97.5 Å². The van der Waals surface area contributed by atoms with E-state index in [-0.39, 0.29) is 11.3 Å². The molecule has 1 aliphatic heterocycles. The molecule has 2 heterocycles.